The minimum absolute atomic E-state index is 0.137. The first-order valence-corrected chi connectivity index (χ1v) is 10.5. The highest BCUT2D eigenvalue weighted by atomic mass is 16.1. The zero-order valence-corrected chi connectivity index (χ0v) is 17.3. The van der Waals surface area contributed by atoms with Gasteiger partial charge in [0.05, 0.1) is 23.1 Å². The van der Waals surface area contributed by atoms with Crippen molar-refractivity contribution in [2.75, 3.05) is 11.9 Å². The number of hydrogen-bond acceptors (Lipinski definition) is 4. The maximum Gasteiger partial charge on any atom is 0.255 e. The Labute approximate surface area is 175 Å². The van der Waals surface area contributed by atoms with Crippen molar-refractivity contribution in [2.45, 2.75) is 39.3 Å². The quantitative estimate of drug-likeness (QED) is 0.524. The summed E-state index contributed by atoms with van der Waals surface area (Å²) < 4.78 is 0. The zero-order chi connectivity index (χ0) is 20.7. The summed E-state index contributed by atoms with van der Waals surface area (Å²) in [6, 6.07) is 15.9. The summed E-state index contributed by atoms with van der Waals surface area (Å²) in [6.07, 6.45) is 2.50. The van der Waals surface area contributed by atoms with Crippen molar-refractivity contribution in [3.05, 3.63) is 65.6 Å². The molecule has 3 heterocycles. The van der Waals surface area contributed by atoms with Crippen LogP contribution in [0.3, 0.4) is 0 Å². The molecule has 1 atom stereocenters. The minimum Gasteiger partial charge on any atom is -0.341 e. The third-order valence-corrected chi connectivity index (χ3v) is 5.92. The molecule has 4 aromatic rings. The topological polar surface area (TPSA) is 73.9 Å². The molecule has 6 nitrogen and oxygen atoms in total. The van der Waals surface area contributed by atoms with Gasteiger partial charge in [-0.1, -0.05) is 6.07 Å². The molecular formula is C24H25N5O. The van der Waals surface area contributed by atoms with E-state index in [1.54, 1.807) is 0 Å². The van der Waals surface area contributed by atoms with Gasteiger partial charge in [-0.2, -0.15) is 0 Å². The second-order valence-electron chi connectivity index (χ2n) is 8.19. The molecule has 6 heteroatoms. The number of nitrogens with one attached hydrogen (secondary N) is 2. The summed E-state index contributed by atoms with van der Waals surface area (Å²) in [5, 5.41) is 3.95. The number of anilines is 1. The first-order chi connectivity index (χ1) is 14.5. The monoisotopic (exact) mass is 399 g/mol. The predicted molar refractivity (Wildman–Crippen MR) is 120 cm³/mol. The number of nitrogens with zero attached hydrogens (tertiary/aromatic N) is 3. The summed E-state index contributed by atoms with van der Waals surface area (Å²) in [5.74, 6) is 0.835. The number of fused-ring (bicyclic) bond motifs is 2. The van der Waals surface area contributed by atoms with Crippen molar-refractivity contribution in [1.29, 1.82) is 0 Å². The Hall–Kier alpha value is -3.25. The Bertz CT molecular complexity index is 1250. The lowest BCUT2D eigenvalue weighted by molar-refractivity contribution is 0.102. The van der Waals surface area contributed by atoms with E-state index in [4.69, 9.17) is 4.98 Å². The van der Waals surface area contributed by atoms with E-state index in [0.717, 1.165) is 52.2 Å². The number of amides is 1. The number of H-pyrrole nitrogens is 1. The third-order valence-electron chi connectivity index (χ3n) is 5.92. The summed E-state index contributed by atoms with van der Waals surface area (Å²) in [6.45, 7) is 6.19. The second-order valence-corrected chi connectivity index (χ2v) is 8.19. The van der Waals surface area contributed by atoms with Crippen LogP contribution in [0.1, 0.15) is 41.6 Å². The summed E-state index contributed by atoms with van der Waals surface area (Å²) in [7, 11) is 0. The van der Waals surface area contributed by atoms with Crippen LogP contribution in [-0.2, 0) is 6.54 Å². The predicted octanol–water partition coefficient (Wildman–Crippen LogP) is 4.66. The molecule has 0 bridgehead atoms. The number of aromatic nitrogens is 3. The molecule has 1 aliphatic rings. The number of hydrogen-bond donors (Lipinski definition) is 2. The molecule has 152 valence electrons. The molecule has 2 N–H and O–H groups in total. The molecular weight excluding hydrogens is 374 g/mol. The maximum atomic E-state index is 12.8. The van der Waals surface area contributed by atoms with E-state index in [2.05, 4.69) is 27.1 Å². The normalized spacial score (nSPS) is 17.1. The van der Waals surface area contributed by atoms with Gasteiger partial charge in [0.15, 0.2) is 0 Å². The fourth-order valence-corrected chi connectivity index (χ4v) is 4.21. The minimum atomic E-state index is -0.137. The smallest absolute Gasteiger partial charge is 0.255 e. The van der Waals surface area contributed by atoms with E-state index in [-0.39, 0.29) is 5.91 Å². The Morgan fingerprint density at radius 3 is 2.83 bits per heavy atom. The lowest BCUT2D eigenvalue weighted by Gasteiger charge is -2.19. The van der Waals surface area contributed by atoms with Crippen LogP contribution < -0.4 is 5.32 Å². The molecule has 2 aromatic carbocycles. The van der Waals surface area contributed by atoms with Gasteiger partial charge < -0.3 is 10.3 Å². The first kappa shape index (κ1) is 18.8. The van der Waals surface area contributed by atoms with Crippen LogP contribution in [-0.4, -0.2) is 38.3 Å². The van der Waals surface area contributed by atoms with Crippen LogP contribution >= 0.6 is 0 Å². The molecule has 2 aromatic heterocycles. The maximum absolute atomic E-state index is 12.8. The molecule has 5 rings (SSSR count). The Morgan fingerprint density at radius 1 is 1.13 bits per heavy atom. The van der Waals surface area contributed by atoms with E-state index < -0.39 is 0 Å². The van der Waals surface area contributed by atoms with Gasteiger partial charge >= 0.3 is 0 Å². The Balaban J connectivity index is 1.34. The SMILES string of the molecule is Cc1ccc2cc(C(=O)Nc3ccc4nc(CN5CCCC5C)[nH]c4c3)ccc2n1. The van der Waals surface area contributed by atoms with Crippen LogP contribution in [0, 0.1) is 6.92 Å². The number of pyridine rings is 1. The number of carbonyl (C=O) groups excluding carboxylic acids is 1. The van der Waals surface area contributed by atoms with Crippen molar-refractivity contribution in [3.8, 4) is 0 Å². The van der Waals surface area contributed by atoms with Gasteiger partial charge in [0.1, 0.15) is 5.82 Å². The van der Waals surface area contributed by atoms with Crippen molar-refractivity contribution < 1.29 is 4.79 Å². The summed E-state index contributed by atoms with van der Waals surface area (Å²) in [4.78, 5) is 27.8. The molecule has 1 fully saturated rings. The molecule has 0 saturated carbocycles. The highest BCUT2D eigenvalue weighted by molar-refractivity contribution is 6.06. The molecule has 1 amide bonds. The van der Waals surface area contributed by atoms with E-state index >= 15 is 0 Å². The van der Waals surface area contributed by atoms with Crippen LogP contribution in [0.5, 0.6) is 0 Å². The van der Waals surface area contributed by atoms with Gasteiger partial charge in [0.25, 0.3) is 5.91 Å². The van der Waals surface area contributed by atoms with Gasteiger partial charge in [0, 0.05) is 28.4 Å². The van der Waals surface area contributed by atoms with Crippen LogP contribution in [0.4, 0.5) is 5.69 Å². The number of likely N-dealkylation sites (tertiary alicyclic amines) is 1. The molecule has 30 heavy (non-hydrogen) atoms. The van der Waals surface area contributed by atoms with E-state index in [1.807, 2.05) is 55.5 Å². The van der Waals surface area contributed by atoms with Crippen molar-refractivity contribution in [1.82, 2.24) is 19.9 Å². The number of imidazole rings is 1. The van der Waals surface area contributed by atoms with Gasteiger partial charge in [0.2, 0.25) is 0 Å². The molecule has 0 spiro atoms. The standard InChI is InChI=1S/C24H25N5O/c1-15-5-6-17-12-18(7-9-20(17)25-15)24(30)26-19-8-10-21-22(13-19)28-23(27-21)14-29-11-3-4-16(29)2/h5-10,12-13,16H,3-4,11,14H2,1-2H3,(H,26,30)(H,27,28). The fraction of sp³-hybridized carbons (Fsp3) is 0.292. The number of aromatic amines is 1. The van der Waals surface area contributed by atoms with Gasteiger partial charge in [-0.05, 0) is 75.7 Å². The summed E-state index contributed by atoms with van der Waals surface area (Å²) >= 11 is 0. The van der Waals surface area contributed by atoms with Crippen LogP contribution in [0.25, 0.3) is 21.9 Å². The number of aryl methyl sites for hydroxylation is 1. The highest BCUT2D eigenvalue weighted by Gasteiger charge is 2.21. The van der Waals surface area contributed by atoms with Gasteiger partial charge in [-0.3, -0.25) is 14.7 Å². The van der Waals surface area contributed by atoms with Crippen LogP contribution in [0.2, 0.25) is 0 Å². The highest BCUT2D eigenvalue weighted by Crippen LogP contribution is 2.22. The average molecular weight is 399 g/mol. The first-order valence-electron chi connectivity index (χ1n) is 10.5. The van der Waals surface area contributed by atoms with Crippen molar-refractivity contribution >= 4 is 33.5 Å². The van der Waals surface area contributed by atoms with Crippen LogP contribution in [0.15, 0.2) is 48.5 Å². The van der Waals surface area contributed by atoms with E-state index in [9.17, 15) is 4.79 Å². The molecule has 0 aliphatic carbocycles. The van der Waals surface area contributed by atoms with E-state index in [0.29, 0.717) is 11.6 Å². The molecule has 1 unspecified atom stereocenters. The number of rotatable bonds is 4. The van der Waals surface area contributed by atoms with Crippen molar-refractivity contribution in [3.63, 3.8) is 0 Å². The Kier molecular flexibility index (Phi) is 4.71. The number of carbonyl (C=O) groups is 1. The average Bonchev–Trinajstić information content (AvgIpc) is 3.32. The van der Waals surface area contributed by atoms with Crippen molar-refractivity contribution in [2.24, 2.45) is 0 Å². The second kappa shape index (κ2) is 7.54. The van der Waals surface area contributed by atoms with E-state index in [1.165, 1.54) is 12.8 Å². The lowest BCUT2D eigenvalue weighted by Crippen LogP contribution is -2.26. The fourth-order valence-electron chi connectivity index (χ4n) is 4.21. The third kappa shape index (κ3) is 3.66. The largest absolute Gasteiger partial charge is 0.341 e. The lowest BCUT2D eigenvalue weighted by atomic mass is 10.1. The number of benzene rings is 2. The van der Waals surface area contributed by atoms with Gasteiger partial charge in [-0.15, -0.1) is 0 Å². The molecule has 1 saturated heterocycles. The zero-order valence-electron chi connectivity index (χ0n) is 17.3. The van der Waals surface area contributed by atoms with Gasteiger partial charge in [-0.25, -0.2) is 4.98 Å². The Morgan fingerprint density at radius 2 is 2.00 bits per heavy atom. The molecule has 0 radical (unpaired) electrons. The summed E-state index contributed by atoms with van der Waals surface area (Å²) in [5.41, 5.74) is 5.08. The molecule has 1 aliphatic heterocycles.